The number of nitrogens with zero attached hydrogens (tertiary/aromatic N) is 1. The zero-order valence-corrected chi connectivity index (χ0v) is 13.1. The van der Waals surface area contributed by atoms with Crippen LogP contribution in [-0.4, -0.2) is 19.2 Å². The number of methoxy groups -OCH3 is 1. The maximum Gasteiger partial charge on any atom is 0.244 e. The largest absolute Gasteiger partial charge is 0.496 e. The molecule has 0 unspecified atom stereocenters. The summed E-state index contributed by atoms with van der Waals surface area (Å²) in [5.41, 5.74) is 4.33. The molecule has 0 saturated heterocycles. The second-order valence-corrected chi connectivity index (χ2v) is 5.20. The standard InChI is InChI=1S/C16H15BrN2O2/c1-21-15-8-7-13(9-14(15)17)11-18-19-16(20)10-12-5-3-2-4-6-12/h2-9,11H,10H2,1H3,(H,19,20)/b18-11+. The van der Waals surface area contributed by atoms with Crippen molar-refractivity contribution >= 4 is 28.1 Å². The molecule has 2 rings (SSSR count). The lowest BCUT2D eigenvalue weighted by atomic mass is 10.1. The number of ether oxygens (including phenoxy) is 1. The van der Waals surface area contributed by atoms with Crippen molar-refractivity contribution in [2.75, 3.05) is 7.11 Å². The van der Waals surface area contributed by atoms with E-state index in [0.717, 1.165) is 21.3 Å². The molecule has 0 spiro atoms. The third-order valence-corrected chi connectivity index (χ3v) is 3.41. The van der Waals surface area contributed by atoms with E-state index in [4.69, 9.17) is 4.74 Å². The fourth-order valence-corrected chi connectivity index (χ4v) is 2.32. The fourth-order valence-electron chi connectivity index (χ4n) is 1.76. The summed E-state index contributed by atoms with van der Waals surface area (Å²) in [7, 11) is 1.61. The van der Waals surface area contributed by atoms with Crippen LogP contribution in [0.5, 0.6) is 5.75 Å². The third kappa shape index (κ3) is 4.72. The molecule has 108 valence electrons. The van der Waals surface area contributed by atoms with Gasteiger partial charge in [0.15, 0.2) is 0 Å². The van der Waals surface area contributed by atoms with Crippen LogP contribution < -0.4 is 10.2 Å². The smallest absolute Gasteiger partial charge is 0.244 e. The molecule has 4 nitrogen and oxygen atoms in total. The van der Waals surface area contributed by atoms with Crippen molar-refractivity contribution in [2.24, 2.45) is 5.10 Å². The first-order chi connectivity index (χ1) is 10.2. The van der Waals surface area contributed by atoms with Gasteiger partial charge in [0.05, 0.1) is 24.2 Å². The van der Waals surface area contributed by atoms with Crippen molar-refractivity contribution in [1.29, 1.82) is 0 Å². The van der Waals surface area contributed by atoms with Crippen LogP contribution in [0.25, 0.3) is 0 Å². The number of hydrogen-bond acceptors (Lipinski definition) is 3. The molecule has 0 fully saturated rings. The summed E-state index contributed by atoms with van der Waals surface area (Å²) in [6, 6.07) is 15.1. The van der Waals surface area contributed by atoms with Gasteiger partial charge in [0.1, 0.15) is 5.75 Å². The number of carbonyl (C=O) groups excluding carboxylic acids is 1. The Bertz CT molecular complexity index is 642. The van der Waals surface area contributed by atoms with Crippen LogP contribution in [0.2, 0.25) is 0 Å². The second-order valence-electron chi connectivity index (χ2n) is 4.35. The Morgan fingerprint density at radius 3 is 2.71 bits per heavy atom. The SMILES string of the molecule is COc1ccc(/C=N/NC(=O)Cc2ccccc2)cc1Br. The van der Waals surface area contributed by atoms with Crippen molar-refractivity contribution in [3.8, 4) is 5.75 Å². The van der Waals surface area contributed by atoms with Crippen LogP contribution in [0.4, 0.5) is 0 Å². The van der Waals surface area contributed by atoms with Gasteiger partial charge in [-0.05, 0) is 45.3 Å². The van der Waals surface area contributed by atoms with Gasteiger partial charge < -0.3 is 4.74 Å². The van der Waals surface area contributed by atoms with E-state index in [1.165, 1.54) is 0 Å². The van der Waals surface area contributed by atoms with E-state index in [0.29, 0.717) is 6.42 Å². The van der Waals surface area contributed by atoms with E-state index >= 15 is 0 Å². The summed E-state index contributed by atoms with van der Waals surface area (Å²) in [6.07, 6.45) is 1.90. The topological polar surface area (TPSA) is 50.7 Å². The molecule has 0 saturated carbocycles. The van der Waals surface area contributed by atoms with Crippen molar-refractivity contribution in [3.63, 3.8) is 0 Å². The molecule has 1 N–H and O–H groups in total. The number of hydrazone groups is 1. The summed E-state index contributed by atoms with van der Waals surface area (Å²) < 4.78 is 5.99. The van der Waals surface area contributed by atoms with Gasteiger partial charge in [0.2, 0.25) is 5.91 Å². The quantitative estimate of drug-likeness (QED) is 0.667. The Balaban J connectivity index is 1.90. The van der Waals surface area contributed by atoms with Crippen LogP contribution in [0.15, 0.2) is 58.1 Å². The molecule has 2 aromatic carbocycles. The summed E-state index contributed by atoms with van der Waals surface area (Å²) >= 11 is 3.40. The van der Waals surface area contributed by atoms with Gasteiger partial charge in [0.25, 0.3) is 0 Å². The van der Waals surface area contributed by atoms with E-state index < -0.39 is 0 Å². The molecule has 0 radical (unpaired) electrons. The van der Waals surface area contributed by atoms with E-state index in [1.807, 2.05) is 48.5 Å². The summed E-state index contributed by atoms with van der Waals surface area (Å²) in [5, 5.41) is 3.95. The van der Waals surface area contributed by atoms with Crippen LogP contribution in [0, 0.1) is 0 Å². The van der Waals surface area contributed by atoms with E-state index in [1.54, 1.807) is 13.3 Å². The fraction of sp³-hybridized carbons (Fsp3) is 0.125. The van der Waals surface area contributed by atoms with Crippen LogP contribution in [0.3, 0.4) is 0 Å². The Morgan fingerprint density at radius 2 is 2.05 bits per heavy atom. The van der Waals surface area contributed by atoms with Crippen LogP contribution in [-0.2, 0) is 11.2 Å². The third-order valence-electron chi connectivity index (χ3n) is 2.79. The molecule has 5 heteroatoms. The maximum atomic E-state index is 11.7. The molecule has 0 aromatic heterocycles. The first kappa shape index (κ1) is 15.3. The molecule has 1 amide bonds. The minimum Gasteiger partial charge on any atom is -0.496 e. The van der Waals surface area contributed by atoms with Gasteiger partial charge in [-0.1, -0.05) is 30.3 Å². The number of benzene rings is 2. The zero-order valence-electron chi connectivity index (χ0n) is 11.5. The number of amides is 1. The highest BCUT2D eigenvalue weighted by Gasteiger charge is 2.02. The predicted octanol–water partition coefficient (Wildman–Crippen LogP) is 3.15. The second kappa shape index (κ2) is 7.59. The summed E-state index contributed by atoms with van der Waals surface area (Å²) in [6.45, 7) is 0. The Labute approximate surface area is 132 Å². The highest BCUT2D eigenvalue weighted by atomic mass is 79.9. The molecule has 0 aliphatic heterocycles. The molecule has 21 heavy (non-hydrogen) atoms. The van der Waals surface area contributed by atoms with Crippen LogP contribution in [0.1, 0.15) is 11.1 Å². The van der Waals surface area contributed by atoms with Crippen molar-refractivity contribution in [2.45, 2.75) is 6.42 Å². The lowest BCUT2D eigenvalue weighted by Gasteiger charge is -2.03. The first-order valence-electron chi connectivity index (χ1n) is 6.38. The Kier molecular flexibility index (Phi) is 5.51. The number of carbonyl (C=O) groups is 1. The van der Waals surface area contributed by atoms with Crippen molar-refractivity contribution in [1.82, 2.24) is 5.43 Å². The Morgan fingerprint density at radius 1 is 1.29 bits per heavy atom. The Hall–Kier alpha value is -2.14. The number of nitrogens with one attached hydrogen (secondary N) is 1. The van der Waals surface area contributed by atoms with Gasteiger partial charge in [0, 0.05) is 0 Å². The van der Waals surface area contributed by atoms with Crippen molar-refractivity contribution in [3.05, 3.63) is 64.1 Å². The first-order valence-corrected chi connectivity index (χ1v) is 7.17. The maximum absolute atomic E-state index is 11.7. The molecule has 0 heterocycles. The monoisotopic (exact) mass is 346 g/mol. The van der Waals surface area contributed by atoms with E-state index in [-0.39, 0.29) is 5.91 Å². The highest BCUT2D eigenvalue weighted by Crippen LogP contribution is 2.24. The number of halogens is 1. The molecule has 0 aliphatic carbocycles. The lowest BCUT2D eigenvalue weighted by Crippen LogP contribution is -2.19. The summed E-state index contributed by atoms with van der Waals surface area (Å²) in [5.74, 6) is 0.602. The minimum absolute atomic E-state index is 0.148. The van der Waals surface area contributed by atoms with Crippen LogP contribution >= 0.6 is 15.9 Å². The lowest BCUT2D eigenvalue weighted by molar-refractivity contribution is -0.120. The van der Waals surface area contributed by atoms with Gasteiger partial charge in [-0.3, -0.25) is 4.79 Å². The van der Waals surface area contributed by atoms with Gasteiger partial charge in [-0.2, -0.15) is 5.10 Å². The van der Waals surface area contributed by atoms with Crippen molar-refractivity contribution < 1.29 is 9.53 Å². The molecule has 2 aromatic rings. The van der Waals surface area contributed by atoms with Gasteiger partial charge in [-0.25, -0.2) is 5.43 Å². The van der Waals surface area contributed by atoms with E-state index in [2.05, 4.69) is 26.5 Å². The average Bonchev–Trinajstić information content (AvgIpc) is 2.48. The molecular weight excluding hydrogens is 332 g/mol. The zero-order chi connectivity index (χ0) is 15.1. The molecule has 0 aliphatic rings. The number of rotatable bonds is 5. The minimum atomic E-state index is -0.148. The predicted molar refractivity (Wildman–Crippen MR) is 86.6 cm³/mol. The average molecular weight is 347 g/mol. The number of hydrogen-bond donors (Lipinski definition) is 1. The summed E-state index contributed by atoms with van der Waals surface area (Å²) in [4.78, 5) is 11.7. The highest BCUT2D eigenvalue weighted by molar-refractivity contribution is 9.10. The molecule has 0 bridgehead atoms. The van der Waals surface area contributed by atoms with Gasteiger partial charge >= 0.3 is 0 Å². The molecular formula is C16H15BrN2O2. The molecule has 0 atom stereocenters. The normalized spacial score (nSPS) is 10.6. The van der Waals surface area contributed by atoms with Gasteiger partial charge in [-0.15, -0.1) is 0 Å². The van der Waals surface area contributed by atoms with E-state index in [9.17, 15) is 4.79 Å².